The Labute approximate surface area is 208 Å². The topological polar surface area (TPSA) is 76.2 Å². The molecule has 0 unspecified atom stereocenters. The fourth-order valence-corrected chi connectivity index (χ4v) is 4.52. The molecule has 2 amide bonds. The number of benzene rings is 2. The van der Waals surface area contributed by atoms with Gasteiger partial charge >= 0.3 is 5.97 Å². The summed E-state index contributed by atoms with van der Waals surface area (Å²) < 4.78 is 10.8. The molecule has 1 aliphatic heterocycles. The Morgan fingerprint density at radius 1 is 0.886 bits per heavy atom. The number of methoxy groups -OCH3 is 1. The number of hydrogen-bond donors (Lipinski definition) is 0. The van der Waals surface area contributed by atoms with Crippen LogP contribution in [0.3, 0.4) is 0 Å². The Morgan fingerprint density at radius 2 is 1.57 bits per heavy atom. The summed E-state index contributed by atoms with van der Waals surface area (Å²) >= 11 is 1.40. The molecule has 35 heavy (non-hydrogen) atoms. The van der Waals surface area contributed by atoms with E-state index in [1.165, 1.54) is 11.3 Å². The van der Waals surface area contributed by atoms with Crippen molar-refractivity contribution in [2.24, 2.45) is 0 Å². The van der Waals surface area contributed by atoms with Crippen LogP contribution in [0.4, 0.5) is 0 Å². The molecule has 1 aliphatic rings. The molecular formula is C27H26N2O5S. The second-order valence-electron chi connectivity index (χ2n) is 7.89. The molecular weight excluding hydrogens is 464 g/mol. The summed E-state index contributed by atoms with van der Waals surface area (Å²) in [6, 6.07) is 20.2. The van der Waals surface area contributed by atoms with Crippen molar-refractivity contribution in [1.82, 2.24) is 9.80 Å². The van der Waals surface area contributed by atoms with Crippen LogP contribution >= 0.6 is 11.3 Å². The number of ether oxygens (including phenoxy) is 2. The van der Waals surface area contributed by atoms with Crippen LogP contribution in [0.2, 0.25) is 0 Å². The van der Waals surface area contributed by atoms with Gasteiger partial charge in [0, 0.05) is 31.7 Å². The van der Waals surface area contributed by atoms with Crippen molar-refractivity contribution in [3.05, 3.63) is 88.1 Å². The van der Waals surface area contributed by atoms with Gasteiger partial charge in [0.1, 0.15) is 5.75 Å². The molecule has 1 saturated heterocycles. The lowest BCUT2D eigenvalue weighted by molar-refractivity contribution is -0.148. The molecule has 2 heterocycles. The molecule has 0 saturated carbocycles. The molecule has 8 heteroatoms. The minimum absolute atomic E-state index is 0.0208. The van der Waals surface area contributed by atoms with Gasteiger partial charge in [0.25, 0.3) is 11.8 Å². The molecule has 4 rings (SSSR count). The van der Waals surface area contributed by atoms with Crippen molar-refractivity contribution in [3.63, 3.8) is 0 Å². The van der Waals surface area contributed by atoms with Gasteiger partial charge in [-0.2, -0.15) is 0 Å². The Morgan fingerprint density at radius 3 is 2.26 bits per heavy atom. The van der Waals surface area contributed by atoms with Gasteiger partial charge in [0.15, 0.2) is 6.61 Å². The van der Waals surface area contributed by atoms with Crippen molar-refractivity contribution in [2.45, 2.75) is 0 Å². The molecule has 0 N–H and O–H groups in total. The number of hydrogen-bond acceptors (Lipinski definition) is 6. The van der Waals surface area contributed by atoms with Crippen LogP contribution in [0.25, 0.3) is 11.6 Å². The van der Waals surface area contributed by atoms with Crippen LogP contribution in [-0.2, 0) is 14.3 Å². The highest BCUT2D eigenvalue weighted by atomic mass is 32.1. The van der Waals surface area contributed by atoms with Gasteiger partial charge in [-0.05, 0) is 29.2 Å². The third-order valence-corrected chi connectivity index (χ3v) is 6.58. The maximum Gasteiger partial charge on any atom is 0.339 e. The number of carbonyl (C=O) groups is 3. The van der Waals surface area contributed by atoms with Crippen molar-refractivity contribution in [3.8, 4) is 5.75 Å². The number of nitrogens with zero attached hydrogens (tertiary/aromatic N) is 2. The van der Waals surface area contributed by atoms with E-state index in [0.29, 0.717) is 47.9 Å². The van der Waals surface area contributed by atoms with Crippen LogP contribution in [0, 0.1) is 0 Å². The van der Waals surface area contributed by atoms with Gasteiger partial charge in [-0.15, -0.1) is 11.3 Å². The molecule has 7 nitrogen and oxygen atoms in total. The van der Waals surface area contributed by atoms with Crippen molar-refractivity contribution >= 4 is 40.8 Å². The second kappa shape index (κ2) is 11.5. The minimum atomic E-state index is -0.595. The Hall–Kier alpha value is -3.91. The van der Waals surface area contributed by atoms with Crippen LogP contribution in [0.15, 0.2) is 72.1 Å². The maximum atomic E-state index is 13.1. The SMILES string of the molecule is COc1ccccc1/C=C(/C(=O)OCC(=O)N1CCN(C(=O)c2cccs2)CC1)c1ccccc1. The summed E-state index contributed by atoms with van der Waals surface area (Å²) in [5.74, 6) is -0.277. The molecule has 1 aromatic heterocycles. The Kier molecular flexibility index (Phi) is 7.95. The fraction of sp³-hybridized carbons (Fsp3) is 0.222. The number of esters is 1. The standard InChI is InChI=1S/C27H26N2O5S/c1-33-23-11-6-5-10-21(23)18-22(20-8-3-2-4-9-20)27(32)34-19-25(30)28-13-15-29(16-14-28)26(31)24-12-7-17-35-24/h2-12,17-18H,13-16,19H2,1H3/b22-18+. The molecule has 0 spiro atoms. The first-order valence-corrected chi connectivity index (χ1v) is 12.1. The third-order valence-electron chi connectivity index (χ3n) is 5.72. The summed E-state index contributed by atoms with van der Waals surface area (Å²) in [6.45, 7) is 1.32. The van der Waals surface area contributed by atoms with Crippen molar-refractivity contribution in [2.75, 3.05) is 39.9 Å². The highest BCUT2D eigenvalue weighted by molar-refractivity contribution is 7.12. The van der Waals surface area contributed by atoms with Gasteiger partial charge in [-0.3, -0.25) is 9.59 Å². The number of thiophene rings is 1. The zero-order chi connectivity index (χ0) is 24.6. The average Bonchev–Trinajstić information content (AvgIpc) is 3.45. The molecule has 0 radical (unpaired) electrons. The van der Waals surface area contributed by atoms with E-state index in [1.807, 2.05) is 66.0 Å². The summed E-state index contributed by atoms with van der Waals surface area (Å²) in [5.41, 5.74) is 1.73. The van der Waals surface area contributed by atoms with E-state index in [1.54, 1.807) is 29.1 Å². The second-order valence-corrected chi connectivity index (χ2v) is 8.84. The lowest BCUT2D eigenvalue weighted by Gasteiger charge is -2.34. The highest BCUT2D eigenvalue weighted by Crippen LogP contribution is 2.25. The lowest BCUT2D eigenvalue weighted by Crippen LogP contribution is -2.51. The first kappa shape index (κ1) is 24.2. The van der Waals surface area contributed by atoms with Crippen LogP contribution in [0.1, 0.15) is 20.8 Å². The number of amides is 2. The monoisotopic (exact) mass is 490 g/mol. The van der Waals surface area contributed by atoms with Gasteiger partial charge in [0.05, 0.1) is 17.6 Å². The Balaban J connectivity index is 1.39. The predicted molar refractivity (Wildman–Crippen MR) is 135 cm³/mol. The fourth-order valence-electron chi connectivity index (χ4n) is 3.83. The molecule has 3 aromatic rings. The van der Waals surface area contributed by atoms with E-state index in [4.69, 9.17) is 9.47 Å². The van der Waals surface area contributed by atoms with E-state index >= 15 is 0 Å². The lowest BCUT2D eigenvalue weighted by atomic mass is 10.0. The first-order valence-electron chi connectivity index (χ1n) is 11.2. The van der Waals surface area contributed by atoms with E-state index in [0.717, 1.165) is 5.56 Å². The average molecular weight is 491 g/mol. The number of rotatable bonds is 7. The summed E-state index contributed by atoms with van der Waals surface area (Å²) in [4.78, 5) is 42.3. The van der Waals surface area contributed by atoms with Crippen LogP contribution < -0.4 is 4.74 Å². The maximum absolute atomic E-state index is 13.1. The van der Waals surface area contributed by atoms with E-state index in [-0.39, 0.29) is 18.4 Å². The van der Waals surface area contributed by atoms with E-state index in [2.05, 4.69) is 0 Å². The molecule has 2 aromatic carbocycles. The molecule has 0 aliphatic carbocycles. The van der Waals surface area contributed by atoms with Gasteiger partial charge in [0.2, 0.25) is 0 Å². The summed E-state index contributed by atoms with van der Waals surface area (Å²) in [7, 11) is 1.57. The number of carbonyl (C=O) groups excluding carboxylic acids is 3. The Bertz CT molecular complexity index is 1200. The van der Waals surface area contributed by atoms with Crippen LogP contribution in [0.5, 0.6) is 5.75 Å². The molecule has 180 valence electrons. The quantitative estimate of drug-likeness (QED) is 0.286. The summed E-state index contributed by atoms with van der Waals surface area (Å²) in [6.07, 6.45) is 1.70. The molecule has 1 fully saturated rings. The number of piperazine rings is 1. The normalized spacial score (nSPS) is 13.9. The zero-order valence-electron chi connectivity index (χ0n) is 19.4. The van der Waals surface area contributed by atoms with Crippen LogP contribution in [-0.4, -0.2) is 67.5 Å². The van der Waals surface area contributed by atoms with Gasteiger partial charge < -0.3 is 19.3 Å². The van der Waals surface area contributed by atoms with Crippen molar-refractivity contribution < 1.29 is 23.9 Å². The highest BCUT2D eigenvalue weighted by Gasteiger charge is 2.26. The minimum Gasteiger partial charge on any atom is -0.496 e. The predicted octanol–water partition coefficient (Wildman–Crippen LogP) is 3.83. The van der Waals surface area contributed by atoms with Crippen molar-refractivity contribution in [1.29, 1.82) is 0 Å². The number of para-hydroxylation sites is 1. The smallest absolute Gasteiger partial charge is 0.339 e. The van der Waals surface area contributed by atoms with Gasteiger partial charge in [-0.25, -0.2) is 4.79 Å². The van der Waals surface area contributed by atoms with Gasteiger partial charge in [-0.1, -0.05) is 54.6 Å². The molecule has 0 atom stereocenters. The third kappa shape index (κ3) is 5.96. The summed E-state index contributed by atoms with van der Waals surface area (Å²) in [5, 5.41) is 1.87. The first-order chi connectivity index (χ1) is 17.1. The van der Waals surface area contributed by atoms with E-state index < -0.39 is 5.97 Å². The zero-order valence-corrected chi connectivity index (χ0v) is 20.2. The molecule has 0 bridgehead atoms. The largest absolute Gasteiger partial charge is 0.496 e. The van der Waals surface area contributed by atoms with E-state index in [9.17, 15) is 14.4 Å².